The van der Waals surface area contributed by atoms with Crippen LogP contribution in [0.3, 0.4) is 0 Å². The number of hydrazine groups is 1. The summed E-state index contributed by atoms with van der Waals surface area (Å²) in [6.07, 6.45) is 10.5. The Labute approximate surface area is 145 Å². The van der Waals surface area contributed by atoms with Crippen LogP contribution in [0.25, 0.3) is 6.08 Å². The fraction of sp³-hybridized carbons (Fsp3) is 0.118. The highest BCUT2D eigenvalue weighted by Crippen LogP contribution is 2.15. The lowest BCUT2D eigenvalue weighted by Crippen LogP contribution is -2.43. The highest BCUT2D eigenvalue weighted by molar-refractivity contribution is 6.29. The standard InChI is InChI=1S/C17H16ClN5O/c1-3-5-12-6-8-14(16(19)21-12)17(24)22-23(10-4-2)13-7-9-15(18)20-11-13/h2-3,5-9,11H,10H2,1H3,(H2,19,21)(H,22,24). The number of halogens is 1. The molecule has 1 amide bonds. The first-order chi connectivity index (χ1) is 11.5. The number of nitrogens with zero attached hydrogens (tertiary/aromatic N) is 3. The van der Waals surface area contributed by atoms with Crippen LogP contribution in [0.2, 0.25) is 5.15 Å². The maximum absolute atomic E-state index is 12.5. The van der Waals surface area contributed by atoms with Crippen molar-refractivity contribution >= 4 is 35.1 Å². The van der Waals surface area contributed by atoms with Crippen LogP contribution in [-0.4, -0.2) is 22.4 Å². The lowest BCUT2D eigenvalue weighted by Gasteiger charge is -2.23. The number of allylic oxidation sites excluding steroid dienone is 1. The molecular weight excluding hydrogens is 326 g/mol. The number of amides is 1. The third-order valence-electron chi connectivity index (χ3n) is 3.04. The molecule has 7 heteroatoms. The molecule has 2 aromatic heterocycles. The van der Waals surface area contributed by atoms with Crippen LogP contribution in [0, 0.1) is 12.3 Å². The second-order valence-electron chi connectivity index (χ2n) is 4.74. The molecule has 0 saturated carbocycles. The molecule has 0 radical (unpaired) electrons. The van der Waals surface area contributed by atoms with Gasteiger partial charge in [-0.05, 0) is 37.3 Å². The van der Waals surface area contributed by atoms with E-state index >= 15 is 0 Å². The zero-order valence-electron chi connectivity index (χ0n) is 13.0. The molecule has 0 bridgehead atoms. The van der Waals surface area contributed by atoms with E-state index in [0.29, 0.717) is 16.5 Å². The second-order valence-corrected chi connectivity index (χ2v) is 5.13. The minimum atomic E-state index is -0.419. The first-order valence-electron chi connectivity index (χ1n) is 7.08. The SMILES string of the molecule is C#CCN(NC(=O)c1ccc(C=CC)nc1N)c1ccc(Cl)nc1. The maximum atomic E-state index is 12.5. The second kappa shape index (κ2) is 7.99. The van der Waals surface area contributed by atoms with Gasteiger partial charge in [0.2, 0.25) is 0 Å². The average molecular weight is 342 g/mol. The number of nitrogen functional groups attached to an aromatic ring is 1. The summed E-state index contributed by atoms with van der Waals surface area (Å²) in [6.45, 7) is 2.02. The summed E-state index contributed by atoms with van der Waals surface area (Å²) in [4.78, 5) is 20.6. The molecule has 2 heterocycles. The molecule has 0 aromatic carbocycles. The molecular formula is C17H16ClN5O. The van der Waals surface area contributed by atoms with E-state index < -0.39 is 5.91 Å². The smallest absolute Gasteiger partial charge is 0.273 e. The van der Waals surface area contributed by atoms with Gasteiger partial charge in [-0.2, -0.15) is 0 Å². The summed E-state index contributed by atoms with van der Waals surface area (Å²) in [5.74, 6) is 2.19. The van der Waals surface area contributed by atoms with Crippen molar-refractivity contribution in [3.8, 4) is 12.3 Å². The topological polar surface area (TPSA) is 84.1 Å². The molecule has 3 N–H and O–H groups in total. The third-order valence-corrected chi connectivity index (χ3v) is 3.26. The normalized spacial score (nSPS) is 10.4. The number of aromatic nitrogens is 2. The van der Waals surface area contributed by atoms with Crippen molar-refractivity contribution in [2.24, 2.45) is 0 Å². The van der Waals surface area contributed by atoms with Gasteiger partial charge in [-0.15, -0.1) is 6.42 Å². The van der Waals surface area contributed by atoms with Gasteiger partial charge >= 0.3 is 0 Å². The third kappa shape index (κ3) is 4.24. The van der Waals surface area contributed by atoms with Gasteiger partial charge in [-0.1, -0.05) is 23.6 Å². The van der Waals surface area contributed by atoms with Crippen molar-refractivity contribution < 1.29 is 4.79 Å². The molecule has 0 aliphatic rings. The van der Waals surface area contributed by atoms with E-state index in [1.54, 1.807) is 30.3 Å². The van der Waals surface area contributed by atoms with Gasteiger partial charge in [0.25, 0.3) is 5.91 Å². The molecule has 122 valence electrons. The molecule has 2 rings (SSSR count). The number of nitrogens with two attached hydrogens (primary N) is 1. The lowest BCUT2D eigenvalue weighted by atomic mass is 10.2. The van der Waals surface area contributed by atoms with Crippen molar-refractivity contribution in [1.82, 2.24) is 15.4 Å². The highest BCUT2D eigenvalue weighted by Gasteiger charge is 2.15. The van der Waals surface area contributed by atoms with Gasteiger partial charge in [0, 0.05) is 0 Å². The quantitative estimate of drug-likeness (QED) is 0.496. The Balaban J connectivity index is 2.22. The van der Waals surface area contributed by atoms with Crippen molar-refractivity contribution in [3.05, 3.63) is 52.9 Å². The fourth-order valence-electron chi connectivity index (χ4n) is 1.94. The molecule has 2 aromatic rings. The summed E-state index contributed by atoms with van der Waals surface area (Å²) < 4.78 is 0. The minimum absolute atomic E-state index is 0.137. The number of rotatable bonds is 5. The Bertz CT molecular complexity index is 796. The number of pyridine rings is 2. The van der Waals surface area contributed by atoms with Gasteiger partial charge in [-0.3, -0.25) is 15.2 Å². The summed E-state index contributed by atoms with van der Waals surface area (Å²) >= 11 is 5.77. The Morgan fingerprint density at radius 2 is 2.25 bits per heavy atom. The van der Waals surface area contributed by atoms with Crippen molar-refractivity contribution in [3.63, 3.8) is 0 Å². The molecule has 0 aliphatic carbocycles. The minimum Gasteiger partial charge on any atom is -0.383 e. The maximum Gasteiger partial charge on any atom is 0.273 e. The monoisotopic (exact) mass is 341 g/mol. The number of terminal acetylenes is 1. The van der Waals surface area contributed by atoms with Crippen molar-refractivity contribution in [1.29, 1.82) is 0 Å². The predicted octanol–water partition coefficient (Wildman–Crippen LogP) is 2.53. The van der Waals surface area contributed by atoms with Crippen molar-refractivity contribution in [2.75, 3.05) is 17.3 Å². The number of anilines is 2. The Morgan fingerprint density at radius 1 is 1.46 bits per heavy atom. The summed E-state index contributed by atoms with van der Waals surface area (Å²) in [6, 6.07) is 6.62. The predicted molar refractivity (Wildman–Crippen MR) is 96.2 cm³/mol. The number of carbonyl (C=O) groups is 1. The molecule has 0 unspecified atom stereocenters. The van der Waals surface area contributed by atoms with Crippen LogP contribution in [0.4, 0.5) is 11.5 Å². The summed E-state index contributed by atoms with van der Waals surface area (Å²) in [5, 5.41) is 1.82. The first kappa shape index (κ1) is 17.3. The number of nitrogens with one attached hydrogen (secondary N) is 1. The average Bonchev–Trinajstić information content (AvgIpc) is 2.55. The summed E-state index contributed by atoms with van der Waals surface area (Å²) in [7, 11) is 0. The van der Waals surface area contributed by atoms with Crippen LogP contribution >= 0.6 is 11.6 Å². The van der Waals surface area contributed by atoms with E-state index in [0.717, 1.165) is 0 Å². The zero-order chi connectivity index (χ0) is 17.5. The van der Waals surface area contributed by atoms with Gasteiger partial charge in [0.1, 0.15) is 17.5 Å². The summed E-state index contributed by atoms with van der Waals surface area (Å²) in [5.41, 5.74) is 10.1. The lowest BCUT2D eigenvalue weighted by molar-refractivity contribution is 0.0951. The van der Waals surface area contributed by atoms with Crippen LogP contribution < -0.4 is 16.2 Å². The van der Waals surface area contributed by atoms with Gasteiger partial charge in [-0.25, -0.2) is 9.97 Å². The molecule has 6 nitrogen and oxygen atoms in total. The van der Waals surface area contributed by atoms with Crippen LogP contribution in [-0.2, 0) is 0 Å². The van der Waals surface area contributed by atoms with Crippen LogP contribution in [0.1, 0.15) is 23.0 Å². The number of carbonyl (C=O) groups excluding carboxylic acids is 1. The molecule has 0 atom stereocenters. The number of hydrogen-bond acceptors (Lipinski definition) is 5. The molecule has 0 aliphatic heterocycles. The number of hydrogen-bond donors (Lipinski definition) is 2. The molecule has 0 saturated heterocycles. The molecule has 0 fully saturated rings. The van der Waals surface area contributed by atoms with Crippen LogP contribution in [0.5, 0.6) is 0 Å². The Morgan fingerprint density at radius 3 is 2.83 bits per heavy atom. The van der Waals surface area contributed by atoms with E-state index in [2.05, 4.69) is 21.3 Å². The van der Waals surface area contributed by atoms with Gasteiger partial charge in [0.05, 0.1) is 23.1 Å². The molecule has 0 spiro atoms. The zero-order valence-corrected chi connectivity index (χ0v) is 13.8. The van der Waals surface area contributed by atoms with Gasteiger partial charge in [0.15, 0.2) is 0 Å². The highest BCUT2D eigenvalue weighted by atomic mass is 35.5. The Hall–Kier alpha value is -3.04. The van der Waals surface area contributed by atoms with Crippen molar-refractivity contribution in [2.45, 2.75) is 6.92 Å². The van der Waals surface area contributed by atoms with E-state index in [9.17, 15) is 4.79 Å². The first-order valence-corrected chi connectivity index (χ1v) is 7.45. The largest absolute Gasteiger partial charge is 0.383 e. The van der Waals surface area contributed by atoms with Gasteiger partial charge < -0.3 is 5.73 Å². The Kier molecular flexibility index (Phi) is 5.77. The van der Waals surface area contributed by atoms with E-state index in [-0.39, 0.29) is 17.9 Å². The molecule has 24 heavy (non-hydrogen) atoms. The van der Waals surface area contributed by atoms with E-state index in [1.807, 2.05) is 13.0 Å². The van der Waals surface area contributed by atoms with E-state index in [1.165, 1.54) is 11.2 Å². The van der Waals surface area contributed by atoms with Crippen LogP contribution in [0.15, 0.2) is 36.5 Å². The van der Waals surface area contributed by atoms with E-state index in [4.69, 9.17) is 23.8 Å². The fourth-order valence-corrected chi connectivity index (χ4v) is 2.06.